The summed E-state index contributed by atoms with van der Waals surface area (Å²) in [5.41, 5.74) is 0. The van der Waals surface area contributed by atoms with E-state index in [1.54, 1.807) is 0 Å². The zero-order chi connectivity index (χ0) is 10.0. The second-order valence-electron chi connectivity index (χ2n) is 2.12. The first-order valence-corrected chi connectivity index (χ1v) is 3.93. The summed E-state index contributed by atoms with van der Waals surface area (Å²) < 4.78 is 40.2. The Morgan fingerprint density at radius 2 is 2.00 bits per heavy atom. The van der Waals surface area contributed by atoms with Gasteiger partial charge in [0.25, 0.3) is 0 Å². The van der Waals surface area contributed by atoms with Crippen molar-refractivity contribution >= 4 is 15.9 Å². The number of hydrogen-bond donors (Lipinski definition) is 1. The van der Waals surface area contributed by atoms with E-state index in [-0.39, 0.29) is 4.47 Å². The van der Waals surface area contributed by atoms with Gasteiger partial charge in [0.2, 0.25) is 5.82 Å². The zero-order valence-corrected chi connectivity index (χ0v) is 7.69. The van der Waals surface area contributed by atoms with Gasteiger partial charge in [0.05, 0.1) is 0 Å². The standard InChI is InChI=1S/C7H4BrF3O2/c8-3-1-4(12)6(9)5(2-3)13-7(10)11/h1-2,7,12H. The van der Waals surface area contributed by atoms with E-state index < -0.39 is 23.9 Å². The summed E-state index contributed by atoms with van der Waals surface area (Å²) in [5.74, 6) is -2.64. The molecule has 0 amide bonds. The van der Waals surface area contributed by atoms with Gasteiger partial charge in [-0.05, 0) is 12.1 Å². The van der Waals surface area contributed by atoms with Crippen LogP contribution in [0.5, 0.6) is 11.5 Å². The molecule has 0 atom stereocenters. The van der Waals surface area contributed by atoms with Crippen molar-refractivity contribution in [3.63, 3.8) is 0 Å². The third-order valence-electron chi connectivity index (χ3n) is 1.20. The topological polar surface area (TPSA) is 29.5 Å². The van der Waals surface area contributed by atoms with Crippen LogP contribution in [0.4, 0.5) is 13.2 Å². The van der Waals surface area contributed by atoms with Gasteiger partial charge in [-0.2, -0.15) is 13.2 Å². The third-order valence-corrected chi connectivity index (χ3v) is 1.66. The molecule has 0 aromatic heterocycles. The molecule has 13 heavy (non-hydrogen) atoms. The van der Waals surface area contributed by atoms with Crippen molar-refractivity contribution in [2.75, 3.05) is 0 Å². The fourth-order valence-corrected chi connectivity index (χ4v) is 1.16. The van der Waals surface area contributed by atoms with Crippen LogP contribution in [0.25, 0.3) is 0 Å². The molecule has 2 nitrogen and oxygen atoms in total. The van der Waals surface area contributed by atoms with Crippen LogP contribution in [0.15, 0.2) is 16.6 Å². The van der Waals surface area contributed by atoms with Crippen LogP contribution in [0.1, 0.15) is 0 Å². The van der Waals surface area contributed by atoms with E-state index in [2.05, 4.69) is 20.7 Å². The molecule has 0 heterocycles. The molecule has 0 spiro atoms. The second kappa shape index (κ2) is 3.87. The van der Waals surface area contributed by atoms with Crippen LogP contribution >= 0.6 is 15.9 Å². The number of alkyl halides is 2. The van der Waals surface area contributed by atoms with Crippen LogP contribution in [-0.2, 0) is 0 Å². The average molecular weight is 257 g/mol. The Hall–Kier alpha value is -0.910. The number of ether oxygens (including phenoxy) is 1. The molecule has 0 saturated carbocycles. The third kappa shape index (κ3) is 2.51. The lowest BCUT2D eigenvalue weighted by Gasteiger charge is -2.06. The van der Waals surface area contributed by atoms with Crippen molar-refractivity contribution in [2.45, 2.75) is 6.61 Å². The van der Waals surface area contributed by atoms with Gasteiger partial charge >= 0.3 is 6.61 Å². The number of hydrogen-bond acceptors (Lipinski definition) is 2. The largest absolute Gasteiger partial charge is 0.505 e. The highest BCUT2D eigenvalue weighted by molar-refractivity contribution is 9.10. The Labute approximate surface area is 80.1 Å². The van der Waals surface area contributed by atoms with Gasteiger partial charge in [0.15, 0.2) is 11.5 Å². The van der Waals surface area contributed by atoms with Crippen LogP contribution in [0, 0.1) is 5.82 Å². The number of phenolic OH excluding ortho intramolecular Hbond substituents is 1. The van der Waals surface area contributed by atoms with E-state index >= 15 is 0 Å². The lowest BCUT2D eigenvalue weighted by Crippen LogP contribution is -2.03. The van der Waals surface area contributed by atoms with Crippen LogP contribution in [0.2, 0.25) is 0 Å². The minimum atomic E-state index is -3.12. The minimum Gasteiger partial charge on any atom is -0.505 e. The Bertz CT molecular complexity index is 317. The maximum Gasteiger partial charge on any atom is 0.387 e. The summed E-state index contributed by atoms with van der Waals surface area (Å²) >= 11 is 2.89. The van der Waals surface area contributed by atoms with Gasteiger partial charge in [0.1, 0.15) is 0 Å². The van der Waals surface area contributed by atoms with E-state index in [0.29, 0.717) is 0 Å². The summed E-state index contributed by atoms with van der Waals surface area (Å²) in [4.78, 5) is 0. The van der Waals surface area contributed by atoms with E-state index in [0.717, 1.165) is 12.1 Å². The Kier molecular flexibility index (Phi) is 3.02. The van der Waals surface area contributed by atoms with Crippen molar-refractivity contribution in [2.24, 2.45) is 0 Å². The summed E-state index contributed by atoms with van der Waals surface area (Å²) in [6, 6.07) is 2.04. The van der Waals surface area contributed by atoms with Crippen LogP contribution < -0.4 is 4.74 Å². The molecule has 1 rings (SSSR count). The van der Waals surface area contributed by atoms with Crippen LogP contribution in [-0.4, -0.2) is 11.7 Å². The fourth-order valence-electron chi connectivity index (χ4n) is 0.732. The van der Waals surface area contributed by atoms with Crippen molar-refractivity contribution < 1.29 is 23.0 Å². The molecule has 1 aromatic rings. The highest BCUT2D eigenvalue weighted by Crippen LogP contribution is 2.31. The van der Waals surface area contributed by atoms with Gasteiger partial charge in [-0.3, -0.25) is 0 Å². The van der Waals surface area contributed by atoms with E-state index in [1.165, 1.54) is 0 Å². The average Bonchev–Trinajstić information content (AvgIpc) is 1.98. The first-order valence-electron chi connectivity index (χ1n) is 3.13. The van der Waals surface area contributed by atoms with Gasteiger partial charge in [-0.1, -0.05) is 15.9 Å². The van der Waals surface area contributed by atoms with Crippen molar-refractivity contribution in [1.29, 1.82) is 0 Å². The minimum absolute atomic E-state index is 0.252. The predicted molar refractivity (Wildman–Crippen MR) is 42.4 cm³/mol. The molecule has 0 radical (unpaired) electrons. The smallest absolute Gasteiger partial charge is 0.387 e. The molecular weight excluding hydrogens is 253 g/mol. The van der Waals surface area contributed by atoms with Crippen molar-refractivity contribution in [3.05, 3.63) is 22.4 Å². The Morgan fingerprint density at radius 3 is 2.54 bits per heavy atom. The molecule has 6 heteroatoms. The van der Waals surface area contributed by atoms with Gasteiger partial charge in [-0.25, -0.2) is 0 Å². The maximum atomic E-state index is 12.8. The number of phenols is 1. The molecule has 0 fully saturated rings. The molecule has 1 N–H and O–H groups in total. The molecule has 72 valence electrons. The molecule has 1 aromatic carbocycles. The number of rotatable bonds is 2. The van der Waals surface area contributed by atoms with Gasteiger partial charge < -0.3 is 9.84 Å². The lowest BCUT2D eigenvalue weighted by atomic mass is 10.3. The highest BCUT2D eigenvalue weighted by atomic mass is 79.9. The zero-order valence-electron chi connectivity index (χ0n) is 6.10. The first kappa shape index (κ1) is 10.2. The second-order valence-corrected chi connectivity index (χ2v) is 3.03. The normalized spacial score (nSPS) is 10.5. The summed E-state index contributed by atoms with van der Waals surface area (Å²) in [6.45, 7) is -3.12. The fraction of sp³-hybridized carbons (Fsp3) is 0.143. The molecular formula is C7H4BrF3O2. The van der Waals surface area contributed by atoms with Crippen LogP contribution in [0.3, 0.4) is 0 Å². The summed E-state index contributed by atoms with van der Waals surface area (Å²) in [6.07, 6.45) is 0. The predicted octanol–water partition coefficient (Wildman–Crippen LogP) is 2.90. The quantitative estimate of drug-likeness (QED) is 0.882. The highest BCUT2D eigenvalue weighted by Gasteiger charge is 2.14. The Balaban J connectivity index is 3.05. The Morgan fingerprint density at radius 1 is 1.38 bits per heavy atom. The molecule has 0 aliphatic carbocycles. The van der Waals surface area contributed by atoms with Crippen molar-refractivity contribution in [3.8, 4) is 11.5 Å². The number of halogens is 4. The van der Waals surface area contributed by atoms with E-state index in [4.69, 9.17) is 5.11 Å². The molecule has 0 bridgehead atoms. The summed E-state index contributed by atoms with van der Waals surface area (Å²) in [7, 11) is 0. The molecule has 0 aliphatic heterocycles. The maximum absolute atomic E-state index is 12.8. The number of aromatic hydroxyl groups is 1. The monoisotopic (exact) mass is 256 g/mol. The first-order chi connectivity index (χ1) is 6.00. The lowest BCUT2D eigenvalue weighted by molar-refractivity contribution is -0.0524. The SMILES string of the molecule is Oc1cc(Br)cc(OC(F)F)c1F. The van der Waals surface area contributed by atoms with Gasteiger partial charge in [0, 0.05) is 4.47 Å². The number of benzene rings is 1. The molecule has 0 unspecified atom stereocenters. The van der Waals surface area contributed by atoms with E-state index in [9.17, 15) is 13.2 Å². The summed E-state index contributed by atoms with van der Waals surface area (Å²) in [5, 5.41) is 8.86. The van der Waals surface area contributed by atoms with E-state index in [1.807, 2.05) is 0 Å². The molecule has 0 saturated heterocycles. The van der Waals surface area contributed by atoms with Gasteiger partial charge in [-0.15, -0.1) is 0 Å². The van der Waals surface area contributed by atoms with Crippen molar-refractivity contribution in [1.82, 2.24) is 0 Å². The molecule has 0 aliphatic rings.